The Kier molecular flexibility index (Phi) is 5.78. The first-order chi connectivity index (χ1) is 9.65. The summed E-state index contributed by atoms with van der Waals surface area (Å²) in [6.07, 6.45) is 2.49. The number of hydrogen-bond acceptors (Lipinski definition) is 6. The van der Waals surface area contributed by atoms with Gasteiger partial charge in [0.2, 0.25) is 11.1 Å². The second-order valence-corrected chi connectivity index (χ2v) is 6.27. The molecule has 0 unspecified atom stereocenters. The third-order valence-electron chi connectivity index (χ3n) is 2.99. The summed E-state index contributed by atoms with van der Waals surface area (Å²) in [5.74, 6) is 1.12. The van der Waals surface area contributed by atoms with E-state index < -0.39 is 0 Å². The van der Waals surface area contributed by atoms with Crippen molar-refractivity contribution >= 4 is 17.7 Å². The maximum Gasteiger partial charge on any atom is 0.230 e. The standard InChI is InChI=1S/C12H22N6OS/c1-9(2)13-5-6-18-12(15-16-17-18)20-8-11(19)14-7-10-3-4-10/h9-10,13H,3-8H2,1-2H3,(H,14,19). The molecule has 1 amide bonds. The van der Waals surface area contributed by atoms with Crippen LogP contribution >= 0.6 is 11.8 Å². The van der Waals surface area contributed by atoms with Gasteiger partial charge < -0.3 is 10.6 Å². The molecule has 0 aliphatic heterocycles. The zero-order valence-corrected chi connectivity index (χ0v) is 12.8. The molecular weight excluding hydrogens is 276 g/mol. The summed E-state index contributed by atoms with van der Waals surface area (Å²) in [5.41, 5.74) is 0. The summed E-state index contributed by atoms with van der Waals surface area (Å²) < 4.78 is 1.73. The molecule has 2 rings (SSSR count). The summed E-state index contributed by atoms with van der Waals surface area (Å²) in [4.78, 5) is 11.7. The van der Waals surface area contributed by atoms with Crippen LogP contribution in [-0.2, 0) is 11.3 Å². The predicted octanol–water partition coefficient (Wildman–Crippen LogP) is 0.289. The predicted molar refractivity (Wildman–Crippen MR) is 77.4 cm³/mol. The van der Waals surface area contributed by atoms with E-state index in [4.69, 9.17) is 0 Å². The van der Waals surface area contributed by atoms with Gasteiger partial charge in [-0.15, -0.1) is 5.10 Å². The van der Waals surface area contributed by atoms with Crippen LogP contribution in [-0.4, -0.2) is 51.0 Å². The molecule has 1 aliphatic carbocycles. The second-order valence-electron chi connectivity index (χ2n) is 5.33. The molecule has 1 aromatic rings. The van der Waals surface area contributed by atoms with Gasteiger partial charge in [0.05, 0.1) is 12.3 Å². The number of carbonyl (C=O) groups excluding carboxylic acids is 1. The van der Waals surface area contributed by atoms with Crippen LogP contribution in [0.15, 0.2) is 5.16 Å². The lowest BCUT2D eigenvalue weighted by Crippen LogP contribution is -2.28. The number of amides is 1. The molecule has 1 aromatic heterocycles. The van der Waals surface area contributed by atoms with Gasteiger partial charge in [0, 0.05) is 19.1 Å². The molecular formula is C12H22N6OS. The zero-order chi connectivity index (χ0) is 14.4. The summed E-state index contributed by atoms with van der Waals surface area (Å²) in [6.45, 7) is 6.52. The topological polar surface area (TPSA) is 84.7 Å². The Bertz CT molecular complexity index is 431. The second kappa shape index (κ2) is 7.58. The Morgan fingerprint density at radius 2 is 2.30 bits per heavy atom. The van der Waals surface area contributed by atoms with Crippen LogP contribution in [0.3, 0.4) is 0 Å². The number of nitrogens with zero attached hydrogens (tertiary/aromatic N) is 4. The zero-order valence-electron chi connectivity index (χ0n) is 12.0. The largest absolute Gasteiger partial charge is 0.355 e. The van der Waals surface area contributed by atoms with E-state index in [9.17, 15) is 4.79 Å². The first-order valence-corrected chi connectivity index (χ1v) is 8.02. The third-order valence-corrected chi connectivity index (χ3v) is 3.95. The van der Waals surface area contributed by atoms with Gasteiger partial charge >= 0.3 is 0 Å². The van der Waals surface area contributed by atoms with Gasteiger partial charge in [0.25, 0.3) is 0 Å². The summed E-state index contributed by atoms with van der Waals surface area (Å²) in [6, 6.07) is 0.441. The Morgan fingerprint density at radius 3 is 3.00 bits per heavy atom. The molecule has 112 valence electrons. The average Bonchev–Trinajstić information content (AvgIpc) is 3.13. The van der Waals surface area contributed by atoms with Crippen molar-refractivity contribution in [1.82, 2.24) is 30.8 Å². The van der Waals surface area contributed by atoms with Gasteiger partial charge in [-0.1, -0.05) is 25.6 Å². The van der Waals surface area contributed by atoms with Crippen LogP contribution in [0, 0.1) is 5.92 Å². The van der Waals surface area contributed by atoms with Crippen LogP contribution in [0.4, 0.5) is 0 Å². The molecule has 2 N–H and O–H groups in total. The van der Waals surface area contributed by atoms with Crippen LogP contribution in [0.2, 0.25) is 0 Å². The van der Waals surface area contributed by atoms with Gasteiger partial charge in [-0.2, -0.15) is 0 Å². The van der Waals surface area contributed by atoms with E-state index in [0.717, 1.165) is 13.1 Å². The summed E-state index contributed by atoms with van der Waals surface area (Å²) in [7, 11) is 0. The molecule has 8 heteroatoms. The van der Waals surface area contributed by atoms with Crippen molar-refractivity contribution in [2.24, 2.45) is 5.92 Å². The van der Waals surface area contributed by atoms with E-state index in [2.05, 4.69) is 40.0 Å². The number of rotatable bonds is 9. The number of carbonyl (C=O) groups is 1. The molecule has 0 spiro atoms. The Hall–Kier alpha value is -1.15. The normalized spacial score (nSPS) is 14.8. The molecule has 0 saturated heterocycles. The highest BCUT2D eigenvalue weighted by atomic mass is 32.2. The van der Waals surface area contributed by atoms with Gasteiger partial charge in [-0.3, -0.25) is 4.79 Å². The highest BCUT2D eigenvalue weighted by molar-refractivity contribution is 7.99. The van der Waals surface area contributed by atoms with Crippen molar-refractivity contribution in [2.75, 3.05) is 18.8 Å². The maximum absolute atomic E-state index is 11.7. The number of thioether (sulfide) groups is 1. The monoisotopic (exact) mass is 298 g/mol. The van der Waals surface area contributed by atoms with E-state index in [1.165, 1.54) is 24.6 Å². The molecule has 0 bridgehead atoms. The lowest BCUT2D eigenvalue weighted by atomic mass is 10.4. The minimum Gasteiger partial charge on any atom is -0.355 e. The molecule has 0 aromatic carbocycles. The first-order valence-electron chi connectivity index (χ1n) is 7.04. The third kappa shape index (κ3) is 5.46. The van der Waals surface area contributed by atoms with E-state index in [1.807, 2.05) is 0 Å². The van der Waals surface area contributed by atoms with Crippen molar-refractivity contribution in [1.29, 1.82) is 0 Å². The molecule has 1 fully saturated rings. The van der Waals surface area contributed by atoms with E-state index in [-0.39, 0.29) is 5.91 Å². The molecule has 0 atom stereocenters. The first kappa shape index (κ1) is 15.2. The van der Waals surface area contributed by atoms with Crippen molar-refractivity contribution in [2.45, 2.75) is 44.4 Å². The molecule has 1 aliphatic rings. The molecule has 0 radical (unpaired) electrons. The van der Waals surface area contributed by atoms with Crippen LogP contribution in [0.5, 0.6) is 0 Å². The van der Waals surface area contributed by atoms with Gasteiger partial charge in [-0.05, 0) is 29.2 Å². The Labute approximate surface area is 123 Å². The molecule has 1 heterocycles. The van der Waals surface area contributed by atoms with Crippen molar-refractivity contribution in [3.63, 3.8) is 0 Å². The van der Waals surface area contributed by atoms with Gasteiger partial charge in [-0.25, -0.2) is 4.68 Å². The number of tetrazole rings is 1. The van der Waals surface area contributed by atoms with Crippen molar-refractivity contribution in [3.8, 4) is 0 Å². The molecule has 7 nitrogen and oxygen atoms in total. The Morgan fingerprint density at radius 1 is 1.50 bits per heavy atom. The van der Waals surface area contributed by atoms with Gasteiger partial charge in [0.1, 0.15) is 0 Å². The van der Waals surface area contributed by atoms with Crippen LogP contribution in [0.1, 0.15) is 26.7 Å². The fourth-order valence-corrected chi connectivity index (χ4v) is 2.39. The van der Waals surface area contributed by atoms with E-state index in [0.29, 0.717) is 29.4 Å². The number of nitrogens with one attached hydrogen (secondary N) is 2. The summed E-state index contributed by atoms with van der Waals surface area (Å²) >= 11 is 1.38. The lowest BCUT2D eigenvalue weighted by molar-refractivity contribution is -0.118. The van der Waals surface area contributed by atoms with E-state index in [1.54, 1.807) is 4.68 Å². The average molecular weight is 298 g/mol. The quantitative estimate of drug-likeness (QED) is 0.637. The van der Waals surface area contributed by atoms with Gasteiger partial charge in [0.15, 0.2) is 0 Å². The SMILES string of the molecule is CC(C)NCCn1nnnc1SCC(=O)NCC1CC1. The minimum absolute atomic E-state index is 0.0526. The molecule has 1 saturated carbocycles. The fourth-order valence-electron chi connectivity index (χ4n) is 1.66. The maximum atomic E-state index is 11.7. The fraction of sp³-hybridized carbons (Fsp3) is 0.833. The number of hydrogen-bond donors (Lipinski definition) is 2. The van der Waals surface area contributed by atoms with E-state index >= 15 is 0 Å². The number of aromatic nitrogens is 4. The lowest BCUT2D eigenvalue weighted by Gasteiger charge is -2.08. The van der Waals surface area contributed by atoms with Crippen molar-refractivity contribution in [3.05, 3.63) is 0 Å². The van der Waals surface area contributed by atoms with Crippen LogP contribution < -0.4 is 10.6 Å². The highest BCUT2D eigenvalue weighted by Crippen LogP contribution is 2.27. The summed E-state index contributed by atoms with van der Waals surface area (Å²) in [5, 5.41) is 18.5. The van der Waals surface area contributed by atoms with Crippen molar-refractivity contribution < 1.29 is 4.79 Å². The Balaban J connectivity index is 1.68. The smallest absolute Gasteiger partial charge is 0.230 e. The van der Waals surface area contributed by atoms with Crippen LogP contribution in [0.25, 0.3) is 0 Å². The minimum atomic E-state index is 0.0526. The highest BCUT2D eigenvalue weighted by Gasteiger charge is 2.21. The molecule has 20 heavy (non-hydrogen) atoms.